The number of thiazole rings is 1. The van der Waals surface area contributed by atoms with Crippen molar-refractivity contribution in [1.82, 2.24) is 15.2 Å². The molecule has 0 saturated heterocycles. The van der Waals surface area contributed by atoms with Crippen LogP contribution in [0.4, 0.5) is 13.2 Å². The minimum Gasteiger partial charge on any atom is -0.354 e. The van der Waals surface area contributed by atoms with Crippen molar-refractivity contribution < 1.29 is 39.6 Å². The average molecular weight is 607 g/mol. The third-order valence-corrected chi connectivity index (χ3v) is 9.37. The summed E-state index contributed by atoms with van der Waals surface area (Å²) in [4.78, 5) is 30.8. The van der Waals surface area contributed by atoms with E-state index < -0.39 is 61.7 Å². The van der Waals surface area contributed by atoms with Gasteiger partial charge >= 0.3 is 6.18 Å². The minimum atomic E-state index is -4.79. The Hall–Kier alpha value is -3.08. The monoisotopic (exact) mass is 606 g/mol. The number of carbonyl (C=O) groups is 2. The van der Waals surface area contributed by atoms with Crippen molar-refractivity contribution in [2.24, 2.45) is 5.14 Å². The fraction of sp³-hybridized carbons (Fsp3) is 0.348. The number of sulfone groups is 1. The van der Waals surface area contributed by atoms with Crippen LogP contribution in [0.3, 0.4) is 0 Å². The van der Waals surface area contributed by atoms with Gasteiger partial charge in [-0.05, 0) is 35.4 Å². The average Bonchev–Trinajstić information content (AvgIpc) is 3.23. The van der Waals surface area contributed by atoms with E-state index in [9.17, 15) is 39.6 Å². The number of nitrogens with two attached hydrogens (primary N) is 1. The molecule has 0 fully saturated rings. The number of alkyl halides is 3. The van der Waals surface area contributed by atoms with Gasteiger partial charge in [-0.25, -0.2) is 27.0 Å². The summed E-state index contributed by atoms with van der Waals surface area (Å²) in [7, 11) is -5.47. The number of aromatic nitrogens is 1. The summed E-state index contributed by atoms with van der Waals surface area (Å²) >= 11 is 0.807. The smallest absolute Gasteiger partial charge is 0.354 e. The highest BCUT2D eigenvalue weighted by atomic mass is 32.2. The lowest BCUT2D eigenvalue weighted by molar-refractivity contribution is -0.130. The van der Waals surface area contributed by atoms with E-state index in [-0.39, 0.29) is 10.9 Å². The zero-order valence-electron chi connectivity index (χ0n) is 20.7. The lowest BCUT2D eigenvalue weighted by Crippen LogP contribution is -2.38. The molecule has 10 nitrogen and oxygen atoms in total. The van der Waals surface area contributed by atoms with Crippen LogP contribution in [0.2, 0.25) is 0 Å². The van der Waals surface area contributed by atoms with Gasteiger partial charge in [0.1, 0.15) is 5.01 Å². The molecule has 0 bridgehead atoms. The van der Waals surface area contributed by atoms with Crippen LogP contribution in [0.15, 0.2) is 42.5 Å². The van der Waals surface area contributed by atoms with Crippen LogP contribution < -0.4 is 10.5 Å². The molecule has 16 heteroatoms. The molecule has 1 heterocycles. The Kier molecular flexibility index (Phi) is 9.04. The molecule has 0 aliphatic heterocycles. The number of primary sulfonamides is 1. The molecule has 2 aromatic carbocycles. The van der Waals surface area contributed by atoms with Gasteiger partial charge in [-0.3, -0.25) is 9.59 Å². The number of hydrogen-bond acceptors (Lipinski definition) is 8. The molecule has 3 N–H and O–H groups in total. The van der Waals surface area contributed by atoms with E-state index >= 15 is 0 Å². The molecule has 0 saturated carbocycles. The van der Waals surface area contributed by atoms with E-state index in [0.29, 0.717) is 26.9 Å². The number of sulfonamides is 1. The first-order valence-electron chi connectivity index (χ1n) is 11.3. The summed E-state index contributed by atoms with van der Waals surface area (Å²) in [5.74, 6) is -3.49. The molecule has 0 aliphatic rings. The number of benzene rings is 2. The number of nitrogens with zero attached hydrogens (tertiary/aromatic N) is 2. The lowest BCUT2D eigenvalue weighted by Gasteiger charge is -2.16. The zero-order valence-corrected chi connectivity index (χ0v) is 23.2. The van der Waals surface area contributed by atoms with E-state index in [4.69, 9.17) is 5.14 Å². The summed E-state index contributed by atoms with van der Waals surface area (Å²) in [5, 5.41) is 4.65. The first kappa shape index (κ1) is 30.5. The van der Waals surface area contributed by atoms with Crippen LogP contribution in [0, 0.1) is 0 Å². The second-order valence-electron chi connectivity index (χ2n) is 8.79. The SMILES string of the molecule is CN(C)C(=O)c1cccc(-c2ccc3nc(C(C(=O)NCCS(N)(=O)=O)S(=O)(=O)CCC(F)(F)F)sc3c2)c1. The zero-order chi connectivity index (χ0) is 29.2. The van der Waals surface area contributed by atoms with Crippen LogP contribution in [-0.4, -0.2) is 76.9 Å². The van der Waals surface area contributed by atoms with Crippen LogP contribution in [0.25, 0.3) is 21.3 Å². The third kappa shape index (κ3) is 8.20. The van der Waals surface area contributed by atoms with E-state index in [2.05, 4.69) is 10.3 Å². The maximum Gasteiger partial charge on any atom is 0.390 e. The van der Waals surface area contributed by atoms with Gasteiger partial charge in [0, 0.05) is 26.2 Å². The molecule has 3 aromatic rings. The van der Waals surface area contributed by atoms with Crippen molar-refractivity contribution in [3.63, 3.8) is 0 Å². The molecule has 0 spiro atoms. The molecule has 212 valence electrons. The quantitative estimate of drug-likeness (QED) is 0.359. The standard InChI is InChI=1S/C23H25F3N4O6S3/c1-30(2)22(32)16-5-3-4-14(12-16)15-6-7-17-18(13-15)37-21(29-17)19(20(31)28-9-11-39(27,35)36)38(33,34)10-8-23(24,25)26/h3-7,12-13,19H,8-11H2,1-2H3,(H,28,31)(H2,27,35,36). The Balaban J connectivity index is 2.00. The van der Waals surface area contributed by atoms with Crippen molar-refractivity contribution in [2.45, 2.75) is 17.8 Å². The van der Waals surface area contributed by atoms with Gasteiger partial charge < -0.3 is 10.2 Å². The van der Waals surface area contributed by atoms with Gasteiger partial charge in [-0.2, -0.15) is 13.2 Å². The first-order valence-corrected chi connectivity index (χ1v) is 15.5. The molecule has 0 aliphatic carbocycles. The molecule has 39 heavy (non-hydrogen) atoms. The van der Waals surface area contributed by atoms with Gasteiger partial charge in [-0.15, -0.1) is 11.3 Å². The van der Waals surface area contributed by atoms with Crippen molar-refractivity contribution >= 4 is 53.2 Å². The minimum absolute atomic E-state index is 0.210. The van der Waals surface area contributed by atoms with E-state index in [1.54, 1.807) is 56.6 Å². The maximum absolute atomic E-state index is 12.9. The summed E-state index contributed by atoms with van der Waals surface area (Å²) in [6, 6.07) is 11.7. The largest absolute Gasteiger partial charge is 0.390 e. The highest BCUT2D eigenvalue weighted by Gasteiger charge is 2.40. The number of hydrogen-bond donors (Lipinski definition) is 2. The Morgan fingerprint density at radius 1 is 1.05 bits per heavy atom. The van der Waals surface area contributed by atoms with Crippen molar-refractivity contribution in [3.05, 3.63) is 53.0 Å². The van der Waals surface area contributed by atoms with Crippen molar-refractivity contribution in [2.75, 3.05) is 32.1 Å². The van der Waals surface area contributed by atoms with E-state index in [0.717, 1.165) is 11.3 Å². The van der Waals surface area contributed by atoms with Gasteiger partial charge in [0.15, 0.2) is 15.1 Å². The molecular formula is C23H25F3N4O6S3. The highest BCUT2D eigenvalue weighted by Crippen LogP contribution is 2.35. The molecule has 1 unspecified atom stereocenters. The van der Waals surface area contributed by atoms with Crippen LogP contribution in [-0.2, 0) is 24.7 Å². The Morgan fingerprint density at radius 2 is 1.72 bits per heavy atom. The highest BCUT2D eigenvalue weighted by molar-refractivity contribution is 7.92. The van der Waals surface area contributed by atoms with Gasteiger partial charge in [0.2, 0.25) is 15.9 Å². The van der Waals surface area contributed by atoms with Crippen LogP contribution in [0.5, 0.6) is 0 Å². The third-order valence-electron chi connectivity index (χ3n) is 5.43. The second kappa shape index (κ2) is 11.6. The normalized spacial score (nSPS) is 13.3. The van der Waals surface area contributed by atoms with E-state index in [1.165, 1.54) is 4.90 Å². The van der Waals surface area contributed by atoms with E-state index in [1.807, 2.05) is 0 Å². The Labute approximate surface area is 227 Å². The van der Waals surface area contributed by atoms with Gasteiger partial charge in [0.25, 0.3) is 5.91 Å². The van der Waals surface area contributed by atoms with Gasteiger partial charge in [-0.1, -0.05) is 18.2 Å². The second-order valence-corrected chi connectivity index (χ2v) is 13.8. The molecule has 3 rings (SSSR count). The van der Waals surface area contributed by atoms with Crippen LogP contribution >= 0.6 is 11.3 Å². The van der Waals surface area contributed by atoms with Crippen LogP contribution in [0.1, 0.15) is 27.0 Å². The summed E-state index contributed by atoms with van der Waals surface area (Å²) < 4.78 is 87.0. The maximum atomic E-state index is 12.9. The predicted octanol–water partition coefficient (Wildman–Crippen LogP) is 2.48. The lowest BCUT2D eigenvalue weighted by atomic mass is 10.0. The molecule has 0 radical (unpaired) electrons. The Bertz CT molecular complexity index is 1600. The fourth-order valence-electron chi connectivity index (χ4n) is 3.54. The summed E-state index contributed by atoms with van der Waals surface area (Å²) in [6.45, 7) is -0.542. The summed E-state index contributed by atoms with van der Waals surface area (Å²) in [5.41, 5.74) is 2.07. The fourth-order valence-corrected chi connectivity index (χ4v) is 7.02. The topological polar surface area (TPSA) is 157 Å². The molecule has 2 amide bonds. The number of fused-ring (bicyclic) bond motifs is 1. The number of rotatable bonds is 10. The number of amides is 2. The van der Waals surface area contributed by atoms with Crippen molar-refractivity contribution in [3.8, 4) is 11.1 Å². The number of halogens is 3. The molecule has 1 aromatic heterocycles. The van der Waals surface area contributed by atoms with Crippen molar-refractivity contribution in [1.29, 1.82) is 0 Å². The molecular weight excluding hydrogens is 581 g/mol. The molecule has 1 atom stereocenters. The number of carbonyl (C=O) groups excluding carboxylic acids is 2. The first-order chi connectivity index (χ1) is 18.0. The van der Waals surface area contributed by atoms with Gasteiger partial charge in [0.05, 0.1) is 28.1 Å². The predicted molar refractivity (Wildman–Crippen MR) is 141 cm³/mol. The summed E-state index contributed by atoms with van der Waals surface area (Å²) in [6.07, 6.45) is -6.46. The Morgan fingerprint density at radius 3 is 2.33 bits per heavy atom. The number of nitrogens with one attached hydrogen (secondary N) is 1.